The first-order valence-corrected chi connectivity index (χ1v) is 8.00. The van der Waals surface area contributed by atoms with E-state index < -0.39 is 22.4 Å². The Labute approximate surface area is 117 Å². The monoisotopic (exact) mass is 306 g/mol. The van der Waals surface area contributed by atoms with E-state index in [1.807, 2.05) is 0 Å². The van der Waals surface area contributed by atoms with Crippen LogP contribution in [0.1, 0.15) is 5.82 Å². The van der Waals surface area contributed by atoms with Crippen molar-refractivity contribution in [2.75, 3.05) is 17.9 Å². The Morgan fingerprint density at radius 3 is 2.79 bits per heavy atom. The molecule has 0 saturated carbocycles. The molecule has 2 rings (SSSR count). The summed E-state index contributed by atoms with van der Waals surface area (Å²) in [6.45, 7) is 0.326. The number of nitrogens with zero attached hydrogens (tertiary/aromatic N) is 2. The molecule has 1 aromatic carbocycles. The van der Waals surface area contributed by atoms with Crippen molar-refractivity contribution >= 4 is 33.4 Å². The maximum absolute atomic E-state index is 13.9. The number of alkyl halides is 1. The van der Waals surface area contributed by atoms with Gasteiger partial charge in [-0.15, -0.1) is 11.6 Å². The summed E-state index contributed by atoms with van der Waals surface area (Å²) in [5.41, 5.74) is 0.506. The second-order valence-electron chi connectivity index (χ2n) is 4.13. The predicted molar refractivity (Wildman–Crippen MR) is 73.0 cm³/mol. The third-order valence-electron chi connectivity index (χ3n) is 2.80. The minimum absolute atomic E-state index is 0.116. The summed E-state index contributed by atoms with van der Waals surface area (Å²) < 4.78 is 40.0. The van der Waals surface area contributed by atoms with Crippen molar-refractivity contribution in [3.63, 3.8) is 0 Å². The lowest BCUT2D eigenvalue weighted by Crippen LogP contribution is -2.11. The molecule has 0 aliphatic heterocycles. The molecule has 3 nitrogen and oxygen atoms in total. The molecule has 0 fully saturated rings. The Kier molecular flexibility index (Phi) is 4.52. The summed E-state index contributed by atoms with van der Waals surface area (Å²) >= 11 is 5.69. The van der Waals surface area contributed by atoms with E-state index in [-0.39, 0.29) is 5.52 Å². The van der Waals surface area contributed by atoms with Crippen molar-refractivity contribution < 1.29 is 13.0 Å². The van der Waals surface area contributed by atoms with E-state index >= 15 is 0 Å². The number of halogens is 3. The number of hydrogen-bond acceptors (Lipinski definition) is 2. The van der Waals surface area contributed by atoms with Crippen molar-refractivity contribution in [2.24, 2.45) is 0 Å². The first-order valence-electron chi connectivity index (χ1n) is 5.73. The van der Waals surface area contributed by atoms with E-state index in [9.17, 15) is 13.0 Å². The molecule has 0 N–H and O–H groups in total. The molecule has 1 unspecified atom stereocenters. The van der Waals surface area contributed by atoms with Gasteiger partial charge in [-0.25, -0.2) is 13.8 Å². The molecule has 7 heteroatoms. The van der Waals surface area contributed by atoms with Crippen LogP contribution in [0.25, 0.3) is 11.0 Å². The van der Waals surface area contributed by atoms with Crippen molar-refractivity contribution in [1.82, 2.24) is 9.55 Å². The first-order chi connectivity index (χ1) is 9.04. The highest BCUT2D eigenvalue weighted by molar-refractivity contribution is 7.84. The van der Waals surface area contributed by atoms with Gasteiger partial charge in [-0.1, -0.05) is 0 Å². The van der Waals surface area contributed by atoms with E-state index in [0.29, 0.717) is 35.9 Å². The molecule has 0 aliphatic rings. The lowest BCUT2D eigenvalue weighted by atomic mass is 10.3. The fourth-order valence-electron chi connectivity index (χ4n) is 1.94. The van der Waals surface area contributed by atoms with Gasteiger partial charge in [0, 0.05) is 41.7 Å². The molecule has 0 amide bonds. The molecule has 0 spiro atoms. The summed E-state index contributed by atoms with van der Waals surface area (Å²) in [7, 11) is -1.02. The highest BCUT2D eigenvalue weighted by Crippen LogP contribution is 2.22. The summed E-state index contributed by atoms with van der Waals surface area (Å²) in [4.78, 5) is 4.26. The zero-order valence-corrected chi connectivity index (χ0v) is 11.9. The van der Waals surface area contributed by atoms with Crippen LogP contribution in [0, 0.1) is 11.6 Å². The molecule has 0 radical (unpaired) electrons. The van der Waals surface area contributed by atoms with E-state index in [0.717, 1.165) is 6.07 Å². The van der Waals surface area contributed by atoms with Crippen LogP contribution in [0.4, 0.5) is 8.78 Å². The van der Waals surface area contributed by atoms with Crippen LogP contribution in [-0.2, 0) is 23.8 Å². The number of aromatic nitrogens is 2. The first kappa shape index (κ1) is 14.4. The van der Waals surface area contributed by atoms with Gasteiger partial charge in [-0.2, -0.15) is 0 Å². The van der Waals surface area contributed by atoms with Crippen molar-refractivity contribution in [1.29, 1.82) is 0 Å². The zero-order chi connectivity index (χ0) is 14.0. The summed E-state index contributed by atoms with van der Waals surface area (Å²) in [6, 6.07) is 2.49. The van der Waals surface area contributed by atoms with Crippen LogP contribution < -0.4 is 0 Å². The van der Waals surface area contributed by atoms with Crippen LogP contribution >= 0.6 is 11.6 Å². The van der Waals surface area contributed by atoms with Crippen LogP contribution in [0.15, 0.2) is 12.1 Å². The molecule has 19 heavy (non-hydrogen) atoms. The van der Waals surface area contributed by atoms with E-state index in [1.165, 1.54) is 6.07 Å². The Balaban J connectivity index is 2.56. The quantitative estimate of drug-likeness (QED) is 0.796. The second kappa shape index (κ2) is 5.96. The van der Waals surface area contributed by atoms with Gasteiger partial charge < -0.3 is 4.57 Å². The van der Waals surface area contributed by atoms with Gasteiger partial charge in [0.2, 0.25) is 0 Å². The van der Waals surface area contributed by atoms with E-state index in [2.05, 4.69) is 4.98 Å². The van der Waals surface area contributed by atoms with Gasteiger partial charge in [0.1, 0.15) is 11.3 Å². The molecule has 1 aromatic heterocycles. The van der Waals surface area contributed by atoms with Gasteiger partial charge in [0.25, 0.3) is 0 Å². The maximum atomic E-state index is 13.9. The summed E-state index contributed by atoms with van der Waals surface area (Å²) in [5, 5.41) is 0. The predicted octanol–water partition coefficient (Wildman–Crippen LogP) is 2.47. The molecule has 104 valence electrons. The number of benzene rings is 1. The van der Waals surface area contributed by atoms with Gasteiger partial charge in [0.05, 0.1) is 5.52 Å². The van der Waals surface area contributed by atoms with E-state index in [1.54, 1.807) is 10.8 Å². The lowest BCUT2D eigenvalue weighted by molar-refractivity contribution is 0.511. The largest absolute Gasteiger partial charge is 0.325 e. The number of hydrogen-bond donors (Lipinski definition) is 0. The molecule has 1 atom stereocenters. The number of rotatable bonds is 5. The minimum Gasteiger partial charge on any atom is -0.325 e. The average molecular weight is 307 g/mol. The van der Waals surface area contributed by atoms with Crippen LogP contribution in [-0.4, -0.2) is 31.6 Å². The third kappa shape index (κ3) is 2.95. The molecule has 2 aromatic rings. The third-order valence-corrected chi connectivity index (χ3v) is 3.75. The Bertz CT molecular complexity index is 630. The van der Waals surface area contributed by atoms with Crippen LogP contribution in [0.3, 0.4) is 0 Å². The molecular weight excluding hydrogens is 294 g/mol. The highest BCUT2D eigenvalue weighted by atomic mass is 35.5. The Hall–Kier alpha value is -1.01. The van der Waals surface area contributed by atoms with Crippen LogP contribution in [0.5, 0.6) is 0 Å². The van der Waals surface area contributed by atoms with Crippen molar-refractivity contribution in [2.45, 2.75) is 13.0 Å². The van der Waals surface area contributed by atoms with Crippen molar-refractivity contribution in [3.8, 4) is 0 Å². The molecule has 0 saturated heterocycles. The zero-order valence-electron chi connectivity index (χ0n) is 10.3. The highest BCUT2D eigenvalue weighted by Gasteiger charge is 2.17. The molecule has 0 bridgehead atoms. The number of fused-ring (bicyclic) bond motifs is 1. The normalized spacial score (nSPS) is 13.1. The minimum atomic E-state index is -1.02. The molecule has 0 aliphatic carbocycles. The summed E-state index contributed by atoms with van der Waals surface area (Å²) in [6.07, 6.45) is 2.02. The average Bonchev–Trinajstić information content (AvgIpc) is 2.70. The standard InChI is InChI=1S/C12H13ClF2N2OS/c1-19(18)7-6-17-10(4-5-13)16-9-3-2-8(14)11(15)12(9)17/h2-3H,4-7H2,1H3. The number of aryl methyl sites for hydroxylation is 2. The van der Waals surface area contributed by atoms with Crippen molar-refractivity contribution in [3.05, 3.63) is 29.6 Å². The van der Waals surface area contributed by atoms with Gasteiger partial charge in [-0.3, -0.25) is 4.21 Å². The smallest absolute Gasteiger partial charge is 0.184 e. The second-order valence-corrected chi connectivity index (χ2v) is 6.06. The molecule has 1 heterocycles. The topological polar surface area (TPSA) is 34.9 Å². The fraction of sp³-hybridized carbons (Fsp3) is 0.417. The maximum Gasteiger partial charge on any atom is 0.184 e. The summed E-state index contributed by atoms with van der Waals surface area (Å²) in [5.74, 6) is -0.560. The van der Waals surface area contributed by atoms with Gasteiger partial charge in [-0.05, 0) is 12.1 Å². The van der Waals surface area contributed by atoms with Gasteiger partial charge >= 0.3 is 0 Å². The SMILES string of the molecule is CS(=O)CCn1c(CCCl)nc2ccc(F)c(F)c21. The lowest BCUT2D eigenvalue weighted by Gasteiger charge is -2.08. The molecular formula is C12H13ClF2N2OS. The van der Waals surface area contributed by atoms with Crippen LogP contribution in [0.2, 0.25) is 0 Å². The number of imidazole rings is 1. The Morgan fingerprint density at radius 2 is 2.16 bits per heavy atom. The van der Waals surface area contributed by atoms with E-state index in [4.69, 9.17) is 11.6 Å². The Morgan fingerprint density at radius 1 is 1.42 bits per heavy atom. The fourth-order valence-corrected chi connectivity index (χ4v) is 2.55. The van der Waals surface area contributed by atoms with Gasteiger partial charge in [0.15, 0.2) is 11.6 Å².